The summed E-state index contributed by atoms with van der Waals surface area (Å²) < 4.78 is 6.41. The molecule has 3 amide bonds. The Hall–Kier alpha value is -1.19. The van der Waals surface area contributed by atoms with E-state index in [0.29, 0.717) is 25.8 Å². The van der Waals surface area contributed by atoms with Crippen LogP contribution in [0.1, 0.15) is 60.3 Å². The third kappa shape index (κ3) is 4.44. The van der Waals surface area contributed by atoms with Gasteiger partial charge in [0.05, 0.1) is 17.9 Å². The fourth-order valence-electron chi connectivity index (χ4n) is 6.30. The molecular formula is C23H38BrN3O5. The van der Waals surface area contributed by atoms with Crippen LogP contribution in [-0.4, -0.2) is 76.0 Å². The summed E-state index contributed by atoms with van der Waals surface area (Å²) in [5.41, 5.74) is -1.50. The molecule has 182 valence electrons. The van der Waals surface area contributed by atoms with E-state index in [1.54, 1.807) is 11.9 Å². The van der Waals surface area contributed by atoms with Gasteiger partial charge in [-0.3, -0.25) is 14.4 Å². The molecule has 0 saturated carbocycles. The van der Waals surface area contributed by atoms with Gasteiger partial charge in [0.2, 0.25) is 17.7 Å². The van der Waals surface area contributed by atoms with Gasteiger partial charge in [-0.05, 0) is 44.9 Å². The van der Waals surface area contributed by atoms with Crippen LogP contribution in [0.4, 0.5) is 0 Å². The van der Waals surface area contributed by atoms with Crippen LogP contribution < -0.4 is 10.6 Å². The van der Waals surface area contributed by atoms with E-state index < -0.39 is 35.1 Å². The largest absolute Gasteiger partial charge is 0.396 e. The average molecular weight is 516 g/mol. The highest BCUT2D eigenvalue weighted by molar-refractivity contribution is 9.09. The molecule has 3 heterocycles. The van der Waals surface area contributed by atoms with Crippen molar-refractivity contribution in [2.45, 2.75) is 88.4 Å². The van der Waals surface area contributed by atoms with Crippen molar-refractivity contribution in [2.24, 2.45) is 17.3 Å². The minimum Gasteiger partial charge on any atom is -0.396 e. The first-order chi connectivity index (χ1) is 14.8. The summed E-state index contributed by atoms with van der Waals surface area (Å²) in [5, 5.41) is 15.1. The number of amides is 3. The van der Waals surface area contributed by atoms with E-state index in [-0.39, 0.29) is 34.6 Å². The number of likely N-dealkylation sites (tertiary alicyclic amines) is 1. The topological polar surface area (TPSA) is 108 Å². The Morgan fingerprint density at radius 3 is 2.44 bits per heavy atom. The summed E-state index contributed by atoms with van der Waals surface area (Å²) in [6.07, 6.45) is 1.93. The first kappa shape index (κ1) is 25.4. The lowest BCUT2D eigenvalue weighted by Gasteiger charge is -2.38. The van der Waals surface area contributed by atoms with Crippen LogP contribution in [0.25, 0.3) is 0 Å². The van der Waals surface area contributed by atoms with Crippen molar-refractivity contribution in [3.8, 4) is 0 Å². The Kier molecular flexibility index (Phi) is 7.05. The van der Waals surface area contributed by atoms with Crippen LogP contribution >= 0.6 is 15.9 Å². The molecule has 0 radical (unpaired) electrons. The molecule has 9 heteroatoms. The number of aliphatic hydroxyl groups is 1. The number of halogens is 1. The van der Waals surface area contributed by atoms with E-state index in [9.17, 15) is 19.5 Å². The van der Waals surface area contributed by atoms with Gasteiger partial charge in [0.25, 0.3) is 0 Å². The van der Waals surface area contributed by atoms with Gasteiger partial charge >= 0.3 is 0 Å². The number of rotatable bonds is 8. The van der Waals surface area contributed by atoms with Gasteiger partial charge in [0.15, 0.2) is 0 Å². The first-order valence-corrected chi connectivity index (χ1v) is 12.5. The molecule has 0 aliphatic carbocycles. The summed E-state index contributed by atoms with van der Waals surface area (Å²) in [5.74, 6) is -1.99. The molecule has 3 saturated heterocycles. The van der Waals surface area contributed by atoms with Crippen LogP contribution in [0.2, 0.25) is 0 Å². The molecule has 3 aliphatic heterocycles. The Labute approximate surface area is 199 Å². The van der Waals surface area contributed by atoms with Gasteiger partial charge in [0, 0.05) is 30.6 Å². The monoisotopic (exact) mass is 515 g/mol. The second-order valence-electron chi connectivity index (χ2n) is 11.4. The SMILES string of the molecule is CNC(=O)[C@H]1[C@@H]2OC3(CC2Br)C(C(=O)NC(C)(C)CC(C)(C)C)N(CCCCO)C(=O)[C@H]13. The number of aliphatic hydroxyl groups excluding tert-OH is 1. The van der Waals surface area contributed by atoms with Crippen molar-refractivity contribution in [1.29, 1.82) is 0 Å². The minimum atomic E-state index is -1.03. The molecule has 32 heavy (non-hydrogen) atoms. The van der Waals surface area contributed by atoms with E-state index in [1.807, 2.05) is 13.8 Å². The molecule has 0 aromatic rings. The number of alkyl halides is 1. The van der Waals surface area contributed by atoms with Gasteiger partial charge in [-0.15, -0.1) is 0 Å². The maximum atomic E-state index is 13.8. The predicted molar refractivity (Wildman–Crippen MR) is 124 cm³/mol. The van der Waals surface area contributed by atoms with E-state index in [4.69, 9.17) is 4.74 Å². The molecule has 3 fully saturated rings. The maximum Gasteiger partial charge on any atom is 0.246 e. The van der Waals surface area contributed by atoms with Gasteiger partial charge in [-0.1, -0.05) is 36.7 Å². The standard InChI is InChI=1S/C23H38BrN3O5/c1-21(2,3)12-22(4,5)26-19(30)17-23-11-13(24)16(32-23)14(18(29)25-6)15(23)20(31)27(17)9-7-8-10-28/h13-17,28H,7-12H2,1-6H3,(H,25,29)(H,26,30)/t13?,14-,15+,16-,17?,23?/m1/s1. The van der Waals surface area contributed by atoms with Crippen LogP contribution in [-0.2, 0) is 19.1 Å². The van der Waals surface area contributed by atoms with Crippen molar-refractivity contribution >= 4 is 33.7 Å². The lowest BCUT2D eigenvalue weighted by atomic mass is 9.70. The molecule has 6 atom stereocenters. The third-order valence-electron chi connectivity index (χ3n) is 6.83. The van der Waals surface area contributed by atoms with Gasteiger partial charge in [0.1, 0.15) is 11.6 Å². The molecule has 1 spiro atoms. The normalized spacial score (nSPS) is 34.1. The van der Waals surface area contributed by atoms with Gasteiger partial charge < -0.3 is 25.4 Å². The van der Waals surface area contributed by atoms with Gasteiger partial charge in [-0.2, -0.15) is 0 Å². The number of nitrogens with zero attached hydrogens (tertiary/aromatic N) is 1. The van der Waals surface area contributed by atoms with Crippen molar-refractivity contribution in [3.05, 3.63) is 0 Å². The summed E-state index contributed by atoms with van der Waals surface area (Å²) >= 11 is 3.65. The van der Waals surface area contributed by atoms with Crippen molar-refractivity contribution in [1.82, 2.24) is 15.5 Å². The highest BCUT2D eigenvalue weighted by Gasteiger charge is 2.76. The second-order valence-corrected chi connectivity index (χ2v) is 12.5. The number of hydrogen-bond donors (Lipinski definition) is 3. The molecule has 3 unspecified atom stereocenters. The quantitative estimate of drug-likeness (QED) is 0.336. The number of carbonyl (C=O) groups excluding carboxylic acids is 3. The Bertz CT molecular complexity index is 767. The molecule has 8 nitrogen and oxygen atoms in total. The fraction of sp³-hybridized carbons (Fsp3) is 0.870. The first-order valence-electron chi connectivity index (χ1n) is 11.5. The number of hydrogen-bond acceptors (Lipinski definition) is 5. The zero-order chi connectivity index (χ0) is 24.1. The minimum absolute atomic E-state index is 0.0114. The maximum absolute atomic E-state index is 13.8. The van der Waals surface area contributed by atoms with Gasteiger partial charge in [-0.25, -0.2) is 0 Å². The number of fused-ring (bicyclic) bond motifs is 1. The van der Waals surface area contributed by atoms with Crippen LogP contribution in [0.3, 0.4) is 0 Å². The number of ether oxygens (including phenoxy) is 1. The molecule has 3 rings (SSSR count). The van der Waals surface area contributed by atoms with Crippen LogP contribution in [0.5, 0.6) is 0 Å². The van der Waals surface area contributed by atoms with E-state index in [2.05, 4.69) is 47.3 Å². The Morgan fingerprint density at radius 2 is 1.88 bits per heavy atom. The summed E-state index contributed by atoms with van der Waals surface area (Å²) in [7, 11) is 1.56. The highest BCUT2D eigenvalue weighted by atomic mass is 79.9. The lowest BCUT2D eigenvalue weighted by Crippen LogP contribution is -2.59. The number of unbranched alkanes of at least 4 members (excludes halogenated alkanes) is 1. The van der Waals surface area contributed by atoms with E-state index in [0.717, 1.165) is 6.42 Å². The third-order valence-corrected chi connectivity index (χ3v) is 7.67. The fourth-order valence-corrected chi connectivity index (χ4v) is 7.25. The van der Waals surface area contributed by atoms with Crippen LogP contribution in [0, 0.1) is 17.3 Å². The molecule has 3 aliphatic rings. The molecule has 2 bridgehead atoms. The predicted octanol–water partition coefficient (Wildman–Crippen LogP) is 1.58. The van der Waals surface area contributed by atoms with E-state index in [1.165, 1.54) is 0 Å². The molecule has 0 aromatic heterocycles. The Morgan fingerprint density at radius 1 is 1.22 bits per heavy atom. The molecular weight excluding hydrogens is 478 g/mol. The number of nitrogens with one attached hydrogen (secondary N) is 2. The van der Waals surface area contributed by atoms with Crippen molar-refractivity contribution in [3.63, 3.8) is 0 Å². The smallest absolute Gasteiger partial charge is 0.246 e. The summed E-state index contributed by atoms with van der Waals surface area (Å²) in [6, 6.07) is -0.808. The van der Waals surface area contributed by atoms with Crippen molar-refractivity contribution in [2.75, 3.05) is 20.2 Å². The van der Waals surface area contributed by atoms with Crippen molar-refractivity contribution < 1.29 is 24.2 Å². The average Bonchev–Trinajstić information content (AvgIpc) is 3.22. The lowest BCUT2D eigenvalue weighted by molar-refractivity contribution is -0.142. The summed E-state index contributed by atoms with van der Waals surface area (Å²) in [6.45, 7) is 10.7. The molecule has 3 N–H and O–H groups in total. The molecule has 0 aromatic carbocycles. The zero-order valence-corrected chi connectivity index (χ0v) is 21.6. The number of carbonyl (C=O) groups is 3. The van der Waals surface area contributed by atoms with Crippen LogP contribution in [0.15, 0.2) is 0 Å². The Balaban J connectivity index is 1.96. The highest BCUT2D eigenvalue weighted by Crippen LogP contribution is 2.60. The zero-order valence-electron chi connectivity index (χ0n) is 20.0. The second kappa shape index (κ2) is 8.87. The summed E-state index contributed by atoms with van der Waals surface area (Å²) in [4.78, 5) is 41.6. The van der Waals surface area contributed by atoms with E-state index >= 15 is 0 Å².